The molecule has 0 saturated heterocycles. The smallest absolute Gasteiger partial charge is 0.339 e. The molecule has 2 rings (SSSR count). The maximum atomic E-state index is 11.7. The Balaban J connectivity index is 2.69. The molecule has 1 N–H and O–H groups in total. The summed E-state index contributed by atoms with van der Waals surface area (Å²) in [6.07, 6.45) is 0. The average molecular weight is 217 g/mol. The number of hydrogen-bond acceptors (Lipinski definition) is 3. The van der Waals surface area contributed by atoms with Gasteiger partial charge in [0.1, 0.15) is 5.58 Å². The van der Waals surface area contributed by atoms with Crippen molar-refractivity contribution in [3.63, 3.8) is 0 Å². The lowest BCUT2D eigenvalue weighted by Crippen LogP contribution is -2.08. The Morgan fingerprint density at radius 3 is 2.62 bits per heavy atom. The van der Waals surface area contributed by atoms with Crippen molar-refractivity contribution in [2.75, 3.05) is 12.4 Å². The molecule has 1 aromatic carbocycles. The standard InChI is InChI=1S/C13H15NO2/c1-8(2)11-6-9-4-5-10(14-3)7-12(9)16-13(11)15/h4-8,14H,1-3H3. The van der Waals surface area contributed by atoms with Crippen LogP contribution < -0.4 is 10.9 Å². The van der Waals surface area contributed by atoms with Crippen LogP contribution in [0.5, 0.6) is 0 Å². The lowest BCUT2D eigenvalue weighted by atomic mass is 10.0. The summed E-state index contributed by atoms with van der Waals surface area (Å²) in [5.74, 6) is 0.185. The van der Waals surface area contributed by atoms with Crippen LogP contribution in [-0.2, 0) is 0 Å². The summed E-state index contributed by atoms with van der Waals surface area (Å²) < 4.78 is 5.30. The highest BCUT2D eigenvalue weighted by Crippen LogP contribution is 2.20. The molecule has 0 unspecified atom stereocenters. The molecule has 0 radical (unpaired) electrons. The van der Waals surface area contributed by atoms with E-state index < -0.39 is 0 Å². The molecule has 2 aromatic rings. The zero-order chi connectivity index (χ0) is 11.7. The van der Waals surface area contributed by atoms with E-state index in [-0.39, 0.29) is 11.5 Å². The molecule has 3 nitrogen and oxygen atoms in total. The van der Waals surface area contributed by atoms with E-state index in [4.69, 9.17) is 4.42 Å². The van der Waals surface area contributed by atoms with Crippen molar-refractivity contribution in [3.05, 3.63) is 40.2 Å². The van der Waals surface area contributed by atoms with Gasteiger partial charge in [0.05, 0.1) is 0 Å². The van der Waals surface area contributed by atoms with Gasteiger partial charge < -0.3 is 9.73 Å². The maximum Gasteiger partial charge on any atom is 0.339 e. The SMILES string of the molecule is CNc1ccc2cc(C(C)C)c(=O)oc2c1. The first-order valence-electron chi connectivity index (χ1n) is 5.37. The van der Waals surface area contributed by atoms with Crippen molar-refractivity contribution in [2.45, 2.75) is 19.8 Å². The molecule has 16 heavy (non-hydrogen) atoms. The average Bonchev–Trinajstić information content (AvgIpc) is 2.27. The van der Waals surface area contributed by atoms with Crippen molar-refractivity contribution < 1.29 is 4.42 Å². The molecule has 0 aliphatic heterocycles. The predicted octanol–water partition coefficient (Wildman–Crippen LogP) is 2.96. The summed E-state index contributed by atoms with van der Waals surface area (Å²) in [4.78, 5) is 11.7. The molecule has 0 atom stereocenters. The first-order chi connectivity index (χ1) is 7.61. The third kappa shape index (κ3) is 1.81. The monoisotopic (exact) mass is 217 g/mol. The van der Waals surface area contributed by atoms with Crippen LogP contribution in [0, 0.1) is 0 Å². The molecule has 1 heterocycles. The lowest BCUT2D eigenvalue weighted by Gasteiger charge is -2.06. The molecule has 0 aliphatic carbocycles. The zero-order valence-corrected chi connectivity index (χ0v) is 9.70. The van der Waals surface area contributed by atoms with E-state index in [1.54, 1.807) is 0 Å². The minimum absolute atomic E-state index is 0.185. The number of rotatable bonds is 2. The van der Waals surface area contributed by atoms with E-state index in [0.717, 1.165) is 16.6 Å². The van der Waals surface area contributed by atoms with E-state index in [2.05, 4.69) is 5.32 Å². The van der Waals surface area contributed by atoms with Crippen LogP contribution in [-0.4, -0.2) is 7.05 Å². The largest absolute Gasteiger partial charge is 0.422 e. The first kappa shape index (κ1) is 10.7. The van der Waals surface area contributed by atoms with Crippen LogP contribution in [0.15, 0.2) is 33.5 Å². The van der Waals surface area contributed by atoms with Crippen molar-refractivity contribution in [1.29, 1.82) is 0 Å². The van der Waals surface area contributed by atoms with Gasteiger partial charge in [-0.25, -0.2) is 4.79 Å². The van der Waals surface area contributed by atoms with E-state index in [1.165, 1.54) is 0 Å². The summed E-state index contributed by atoms with van der Waals surface area (Å²) in [5, 5.41) is 3.97. The number of hydrogen-bond donors (Lipinski definition) is 1. The molecule has 3 heteroatoms. The fourth-order valence-electron chi connectivity index (χ4n) is 1.69. The van der Waals surface area contributed by atoms with E-state index >= 15 is 0 Å². The van der Waals surface area contributed by atoms with E-state index in [9.17, 15) is 4.79 Å². The number of nitrogens with one attached hydrogen (secondary N) is 1. The van der Waals surface area contributed by atoms with E-state index in [1.807, 2.05) is 45.2 Å². The number of anilines is 1. The summed E-state index contributed by atoms with van der Waals surface area (Å²) in [6.45, 7) is 3.97. The van der Waals surface area contributed by atoms with Gasteiger partial charge in [0, 0.05) is 29.8 Å². The van der Waals surface area contributed by atoms with Crippen LogP contribution in [0.3, 0.4) is 0 Å². The third-order valence-corrected chi connectivity index (χ3v) is 2.67. The summed E-state index contributed by atoms with van der Waals surface area (Å²) in [7, 11) is 1.84. The zero-order valence-electron chi connectivity index (χ0n) is 9.70. The van der Waals surface area contributed by atoms with Gasteiger partial charge in [0.25, 0.3) is 0 Å². The van der Waals surface area contributed by atoms with Crippen molar-refractivity contribution >= 4 is 16.7 Å². The first-order valence-corrected chi connectivity index (χ1v) is 5.37. The Kier molecular flexibility index (Phi) is 2.69. The highest BCUT2D eigenvalue weighted by molar-refractivity contribution is 5.80. The van der Waals surface area contributed by atoms with E-state index in [0.29, 0.717) is 5.58 Å². The second-order valence-electron chi connectivity index (χ2n) is 4.15. The van der Waals surface area contributed by atoms with Gasteiger partial charge in [0.15, 0.2) is 0 Å². The van der Waals surface area contributed by atoms with Gasteiger partial charge in [-0.2, -0.15) is 0 Å². The van der Waals surface area contributed by atoms with Gasteiger partial charge in [-0.3, -0.25) is 0 Å². The van der Waals surface area contributed by atoms with Crippen molar-refractivity contribution in [2.24, 2.45) is 0 Å². The predicted molar refractivity (Wildman–Crippen MR) is 66.1 cm³/mol. The minimum atomic E-state index is -0.240. The van der Waals surface area contributed by atoms with Crippen LogP contribution >= 0.6 is 0 Å². The Morgan fingerprint density at radius 1 is 1.25 bits per heavy atom. The molecular formula is C13H15NO2. The van der Waals surface area contributed by atoms with Crippen molar-refractivity contribution in [1.82, 2.24) is 0 Å². The Hall–Kier alpha value is -1.77. The number of benzene rings is 1. The van der Waals surface area contributed by atoms with Crippen molar-refractivity contribution in [3.8, 4) is 0 Å². The highest BCUT2D eigenvalue weighted by Gasteiger charge is 2.08. The van der Waals surface area contributed by atoms with Gasteiger partial charge in [0.2, 0.25) is 0 Å². The summed E-state index contributed by atoms with van der Waals surface area (Å²) in [6, 6.07) is 7.66. The molecule has 0 fully saturated rings. The lowest BCUT2D eigenvalue weighted by molar-refractivity contribution is 0.544. The third-order valence-electron chi connectivity index (χ3n) is 2.67. The molecule has 0 spiro atoms. The molecule has 0 amide bonds. The fraction of sp³-hybridized carbons (Fsp3) is 0.308. The normalized spacial score (nSPS) is 11.0. The van der Waals surface area contributed by atoms with Crippen LogP contribution in [0.25, 0.3) is 11.0 Å². The van der Waals surface area contributed by atoms with Crippen LogP contribution in [0.2, 0.25) is 0 Å². The molecule has 0 bridgehead atoms. The van der Waals surface area contributed by atoms with Crippen LogP contribution in [0.4, 0.5) is 5.69 Å². The molecule has 0 aliphatic rings. The van der Waals surface area contributed by atoms with Gasteiger partial charge >= 0.3 is 5.63 Å². The van der Waals surface area contributed by atoms with Gasteiger partial charge in [-0.05, 0) is 24.1 Å². The molecule has 84 valence electrons. The number of fused-ring (bicyclic) bond motifs is 1. The Labute approximate surface area is 94.1 Å². The highest BCUT2D eigenvalue weighted by atomic mass is 16.4. The fourth-order valence-corrected chi connectivity index (χ4v) is 1.69. The van der Waals surface area contributed by atoms with Gasteiger partial charge in [-0.15, -0.1) is 0 Å². The summed E-state index contributed by atoms with van der Waals surface area (Å²) in [5.41, 5.74) is 2.05. The Bertz CT molecular complexity index is 570. The second-order valence-corrected chi connectivity index (χ2v) is 4.15. The molecule has 0 saturated carbocycles. The van der Waals surface area contributed by atoms with Crippen LogP contribution in [0.1, 0.15) is 25.3 Å². The molecule has 1 aromatic heterocycles. The van der Waals surface area contributed by atoms with Gasteiger partial charge in [-0.1, -0.05) is 13.8 Å². The minimum Gasteiger partial charge on any atom is -0.422 e. The second kappa shape index (κ2) is 4.00. The molecular weight excluding hydrogens is 202 g/mol. The maximum absolute atomic E-state index is 11.7. The topological polar surface area (TPSA) is 42.2 Å². The Morgan fingerprint density at radius 2 is 2.00 bits per heavy atom. The summed E-state index contributed by atoms with van der Waals surface area (Å²) >= 11 is 0. The quantitative estimate of drug-likeness (QED) is 0.786.